The Bertz CT molecular complexity index is 433. The van der Waals surface area contributed by atoms with Crippen LogP contribution in [0.4, 0.5) is 11.6 Å². The van der Waals surface area contributed by atoms with Crippen LogP contribution >= 0.6 is 0 Å². The molecule has 0 amide bonds. The number of nitrogens with zero attached hydrogens (tertiary/aromatic N) is 2. The van der Waals surface area contributed by atoms with Crippen molar-refractivity contribution < 1.29 is 5.11 Å². The molecule has 1 aromatic heterocycles. The van der Waals surface area contributed by atoms with Crippen molar-refractivity contribution in [3.63, 3.8) is 0 Å². The monoisotopic (exact) mass is 250 g/mol. The fourth-order valence-corrected chi connectivity index (χ4v) is 2.40. The van der Waals surface area contributed by atoms with Crippen LogP contribution in [0.15, 0.2) is 6.33 Å². The van der Waals surface area contributed by atoms with Crippen LogP contribution in [0.2, 0.25) is 0 Å². The molecule has 1 aliphatic carbocycles. The summed E-state index contributed by atoms with van der Waals surface area (Å²) in [6, 6.07) is 0.261. The first-order valence-electron chi connectivity index (χ1n) is 6.46. The average molecular weight is 250 g/mol. The van der Waals surface area contributed by atoms with Gasteiger partial charge in [-0.25, -0.2) is 9.97 Å². The Balaban J connectivity index is 2.20. The molecule has 0 saturated heterocycles. The highest BCUT2D eigenvalue weighted by Crippen LogP contribution is 2.42. The largest absolute Gasteiger partial charge is 0.392 e. The highest BCUT2D eigenvalue weighted by molar-refractivity contribution is 5.57. The molecule has 0 aliphatic heterocycles. The van der Waals surface area contributed by atoms with E-state index >= 15 is 0 Å². The lowest BCUT2D eigenvalue weighted by Crippen LogP contribution is -2.57. The third-order valence-corrected chi connectivity index (χ3v) is 4.06. The summed E-state index contributed by atoms with van der Waals surface area (Å²) in [5.41, 5.74) is 0.993. The van der Waals surface area contributed by atoms with Crippen LogP contribution in [0.5, 0.6) is 0 Å². The van der Waals surface area contributed by atoms with E-state index in [1.807, 2.05) is 7.05 Å². The van der Waals surface area contributed by atoms with Crippen molar-refractivity contribution in [3.05, 3.63) is 11.9 Å². The lowest BCUT2D eigenvalue weighted by Gasteiger charge is -2.49. The lowest BCUT2D eigenvalue weighted by atomic mass is 9.64. The van der Waals surface area contributed by atoms with E-state index in [1.165, 1.54) is 0 Å². The van der Waals surface area contributed by atoms with Gasteiger partial charge in [0.25, 0.3) is 0 Å². The molecule has 1 fully saturated rings. The zero-order valence-corrected chi connectivity index (χ0v) is 11.5. The molecule has 1 saturated carbocycles. The first-order chi connectivity index (χ1) is 8.50. The van der Waals surface area contributed by atoms with Gasteiger partial charge in [-0.3, -0.25) is 0 Å². The quantitative estimate of drug-likeness (QED) is 0.758. The summed E-state index contributed by atoms with van der Waals surface area (Å²) in [6.45, 7) is 6.24. The van der Waals surface area contributed by atoms with E-state index in [0.29, 0.717) is 0 Å². The smallest absolute Gasteiger partial charge is 0.134 e. The molecule has 18 heavy (non-hydrogen) atoms. The predicted molar refractivity (Wildman–Crippen MR) is 72.8 cm³/mol. The first kappa shape index (κ1) is 13.1. The van der Waals surface area contributed by atoms with E-state index in [-0.39, 0.29) is 17.6 Å². The van der Waals surface area contributed by atoms with Crippen LogP contribution in [-0.4, -0.2) is 34.3 Å². The number of aromatic nitrogens is 2. The molecule has 5 nitrogen and oxygen atoms in total. The van der Waals surface area contributed by atoms with Gasteiger partial charge in [-0.15, -0.1) is 0 Å². The van der Waals surface area contributed by atoms with Crippen molar-refractivity contribution in [2.45, 2.75) is 45.8 Å². The van der Waals surface area contributed by atoms with Gasteiger partial charge < -0.3 is 15.7 Å². The summed E-state index contributed by atoms with van der Waals surface area (Å²) in [7, 11) is 1.86. The molecule has 0 aromatic carbocycles. The highest BCUT2D eigenvalue weighted by Gasteiger charge is 2.47. The van der Waals surface area contributed by atoms with Crippen molar-refractivity contribution >= 4 is 11.6 Å². The molecule has 3 N–H and O–H groups in total. The van der Waals surface area contributed by atoms with Crippen molar-refractivity contribution in [2.24, 2.45) is 5.41 Å². The molecule has 1 aromatic rings. The molecule has 1 heterocycles. The van der Waals surface area contributed by atoms with E-state index in [1.54, 1.807) is 6.33 Å². The van der Waals surface area contributed by atoms with Gasteiger partial charge in [-0.05, 0) is 12.8 Å². The van der Waals surface area contributed by atoms with Gasteiger partial charge in [-0.1, -0.05) is 20.8 Å². The maximum absolute atomic E-state index is 9.77. The number of anilines is 2. The molecule has 0 bridgehead atoms. The Morgan fingerprint density at radius 3 is 2.56 bits per heavy atom. The summed E-state index contributed by atoms with van der Waals surface area (Å²) in [6.07, 6.45) is 2.98. The number of aliphatic hydroxyl groups excluding tert-OH is 1. The minimum Gasteiger partial charge on any atom is -0.392 e. The van der Waals surface area contributed by atoms with E-state index in [9.17, 15) is 5.11 Å². The molecular weight excluding hydrogens is 228 g/mol. The summed E-state index contributed by atoms with van der Waals surface area (Å²) >= 11 is 0. The Morgan fingerprint density at radius 2 is 2.06 bits per heavy atom. The van der Waals surface area contributed by atoms with Crippen LogP contribution < -0.4 is 10.6 Å². The Hall–Kier alpha value is -1.36. The highest BCUT2D eigenvalue weighted by atomic mass is 16.3. The zero-order chi connectivity index (χ0) is 13.3. The van der Waals surface area contributed by atoms with Gasteiger partial charge in [0, 0.05) is 24.1 Å². The normalized spacial score (nSPS) is 25.4. The number of hydrogen-bond acceptors (Lipinski definition) is 5. The van der Waals surface area contributed by atoms with Gasteiger partial charge in [-0.2, -0.15) is 0 Å². The van der Waals surface area contributed by atoms with Crippen LogP contribution in [0, 0.1) is 5.41 Å². The number of rotatable bonds is 4. The Labute approximate surface area is 108 Å². The predicted octanol–water partition coefficient (Wildman–Crippen LogP) is 1.65. The SMILES string of the molecule is CCc1c(NC)ncnc1NC1CC(O)C1(C)C. The molecule has 0 radical (unpaired) electrons. The minimum atomic E-state index is -0.231. The third-order valence-electron chi connectivity index (χ3n) is 4.06. The second-order valence-electron chi connectivity index (χ2n) is 5.42. The second kappa shape index (κ2) is 4.72. The van der Waals surface area contributed by atoms with E-state index in [2.05, 4.69) is 41.4 Å². The second-order valence-corrected chi connectivity index (χ2v) is 5.42. The van der Waals surface area contributed by atoms with Crippen LogP contribution in [0.25, 0.3) is 0 Å². The number of hydrogen-bond donors (Lipinski definition) is 3. The molecule has 100 valence electrons. The van der Waals surface area contributed by atoms with Gasteiger partial charge in [0.1, 0.15) is 18.0 Å². The number of aliphatic hydroxyl groups is 1. The fraction of sp³-hybridized carbons (Fsp3) is 0.692. The minimum absolute atomic E-state index is 0.101. The van der Waals surface area contributed by atoms with Crippen molar-refractivity contribution in [3.8, 4) is 0 Å². The van der Waals surface area contributed by atoms with Gasteiger partial charge in [0.05, 0.1) is 6.10 Å². The van der Waals surface area contributed by atoms with E-state index in [0.717, 1.165) is 30.0 Å². The van der Waals surface area contributed by atoms with Crippen molar-refractivity contribution in [1.29, 1.82) is 0 Å². The maximum Gasteiger partial charge on any atom is 0.134 e. The zero-order valence-electron chi connectivity index (χ0n) is 11.5. The van der Waals surface area contributed by atoms with E-state index < -0.39 is 0 Å². The lowest BCUT2D eigenvalue weighted by molar-refractivity contribution is -0.0511. The molecule has 2 unspecified atom stereocenters. The van der Waals surface area contributed by atoms with Gasteiger partial charge in [0.2, 0.25) is 0 Å². The summed E-state index contributed by atoms with van der Waals surface area (Å²) in [5, 5.41) is 16.3. The maximum atomic E-state index is 9.77. The van der Waals surface area contributed by atoms with Crippen LogP contribution in [0.3, 0.4) is 0 Å². The van der Waals surface area contributed by atoms with E-state index in [4.69, 9.17) is 0 Å². The van der Waals surface area contributed by atoms with Gasteiger partial charge in [0.15, 0.2) is 0 Å². The first-order valence-corrected chi connectivity index (χ1v) is 6.46. The van der Waals surface area contributed by atoms with Crippen molar-refractivity contribution in [1.82, 2.24) is 9.97 Å². The molecule has 2 atom stereocenters. The molecular formula is C13H22N4O. The van der Waals surface area contributed by atoms with Crippen LogP contribution in [-0.2, 0) is 6.42 Å². The van der Waals surface area contributed by atoms with Crippen molar-refractivity contribution in [2.75, 3.05) is 17.7 Å². The standard InChI is InChI=1S/C13H22N4O/c1-5-8-11(14-4)15-7-16-12(8)17-9-6-10(18)13(9,2)3/h7,9-10,18H,5-6H2,1-4H3,(H2,14,15,16,17). The molecule has 0 spiro atoms. The molecule has 5 heteroatoms. The Kier molecular flexibility index (Phi) is 3.43. The fourth-order valence-electron chi connectivity index (χ4n) is 2.40. The molecule has 1 aliphatic rings. The van der Waals surface area contributed by atoms with Crippen LogP contribution in [0.1, 0.15) is 32.8 Å². The van der Waals surface area contributed by atoms with Gasteiger partial charge >= 0.3 is 0 Å². The topological polar surface area (TPSA) is 70.1 Å². The molecule has 2 rings (SSSR count). The average Bonchev–Trinajstić information content (AvgIpc) is 2.37. The number of nitrogens with one attached hydrogen (secondary N) is 2. The summed E-state index contributed by atoms with van der Waals surface area (Å²) in [5.74, 6) is 1.74. The summed E-state index contributed by atoms with van der Waals surface area (Å²) < 4.78 is 0. The summed E-state index contributed by atoms with van der Waals surface area (Å²) in [4.78, 5) is 8.55. The Morgan fingerprint density at radius 1 is 1.39 bits per heavy atom. The third kappa shape index (κ3) is 2.03.